The maximum atomic E-state index is 12.0. The molecule has 1 atom stereocenters. The summed E-state index contributed by atoms with van der Waals surface area (Å²) >= 11 is 9.11. The van der Waals surface area contributed by atoms with E-state index in [1.165, 1.54) is 0 Å². The van der Waals surface area contributed by atoms with Crippen molar-refractivity contribution in [3.8, 4) is 5.75 Å². The number of ether oxygens (including phenoxy) is 1. The molecule has 0 aliphatic rings. The molecule has 1 amide bonds. The summed E-state index contributed by atoms with van der Waals surface area (Å²) in [5, 5.41) is 0. The second kappa shape index (κ2) is 7.00. The van der Waals surface area contributed by atoms with Gasteiger partial charge in [-0.3, -0.25) is 4.79 Å². The molecular formula is C13H17BrClNO2. The first-order valence-corrected chi connectivity index (χ1v) is 6.95. The van der Waals surface area contributed by atoms with E-state index < -0.39 is 0 Å². The van der Waals surface area contributed by atoms with E-state index in [9.17, 15) is 4.79 Å². The monoisotopic (exact) mass is 333 g/mol. The van der Waals surface area contributed by atoms with Crippen molar-refractivity contribution >= 4 is 33.4 Å². The lowest BCUT2D eigenvalue weighted by Crippen LogP contribution is -2.32. The summed E-state index contributed by atoms with van der Waals surface area (Å²) in [5.74, 6) is 0.969. The Morgan fingerprint density at radius 3 is 2.78 bits per heavy atom. The molecule has 1 aromatic carbocycles. The van der Waals surface area contributed by atoms with E-state index in [1.807, 2.05) is 25.1 Å². The first-order chi connectivity index (χ1) is 8.49. The zero-order valence-electron chi connectivity index (χ0n) is 10.7. The Labute approximate surface area is 121 Å². The van der Waals surface area contributed by atoms with E-state index >= 15 is 0 Å². The molecule has 0 heterocycles. The van der Waals surface area contributed by atoms with Gasteiger partial charge in [-0.1, -0.05) is 22.9 Å². The van der Waals surface area contributed by atoms with Gasteiger partial charge in [0.15, 0.2) is 0 Å². The lowest BCUT2D eigenvalue weighted by atomic mass is 10.1. The highest BCUT2D eigenvalue weighted by atomic mass is 79.9. The molecule has 0 N–H and O–H groups in total. The van der Waals surface area contributed by atoms with Crippen molar-refractivity contribution in [2.45, 2.75) is 13.5 Å². The van der Waals surface area contributed by atoms with Gasteiger partial charge < -0.3 is 9.64 Å². The average molecular weight is 335 g/mol. The van der Waals surface area contributed by atoms with E-state index in [4.69, 9.17) is 16.3 Å². The van der Waals surface area contributed by atoms with Gasteiger partial charge >= 0.3 is 0 Å². The predicted octanol–water partition coefficient (Wildman–Crippen LogP) is 3.29. The van der Waals surface area contributed by atoms with E-state index in [-0.39, 0.29) is 11.8 Å². The number of alkyl halides is 1. The van der Waals surface area contributed by atoms with Crippen LogP contribution in [0.25, 0.3) is 0 Å². The van der Waals surface area contributed by atoms with Crippen LogP contribution in [0.5, 0.6) is 5.75 Å². The molecule has 0 spiro atoms. The molecule has 0 aromatic heterocycles. The Kier molecular flexibility index (Phi) is 5.96. The van der Waals surface area contributed by atoms with Gasteiger partial charge in [0.05, 0.1) is 7.11 Å². The van der Waals surface area contributed by atoms with Gasteiger partial charge in [-0.25, -0.2) is 0 Å². The first-order valence-electron chi connectivity index (χ1n) is 5.63. The lowest BCUT2D eigenvalue weighted by molar-refractivity contribution is -0.133. The maximum Gasteiger partial charge on any atom is 0.226 e. The summed E-state index contributed by atoms with van der Waals surface area (Å²) in [5.41, 5.74) is 0.962. The predicted molar refractivity (Wildman–Crippen MR) is 77.1 cm³/mol. The summed E-state index contributed by atoms with van der Waals surface area (Å²) in [6.07, 6.45) is 0. The molecule has 1 rings (SSSR count). The largest absolute Gasteiger partial charge is 0.496 e. The number of rotatable bonds is 5. The molecule has 5 heteroatoms. The third-order valence-electron chi connectivity index (χ3n) is 2.68. The zero-order valence-corrected chi connectivity index (χ0v) is 13.1. The third-order valence-corrected chi connectivity index (χ3v) is 3.64. The number of carbonyl (C=O) groups is 1. The van der Waals surface area contributed by atoms with Crippen LogP contribution < -0.4 is 4.74 Å². The van der Waals surface area contributed by atoms with E-state index in [1.54, 1.807) is 19.1 Å². The second-order valence-electron chi connectivity index (χ2n) is 4.21. The van der Waals surface area contributed by atoms with Gasteiger partial charge in [0.25, 0.3) is 0 Å². The number of carbonyl (C=O) groups excluding carboxylic acids is 1. The normalized spacial score (nSPS) is 12.1. The highest BCUT2D eigenvalue weighted by Crippen LogP contribution is 2.24. The number of nitrogens with zero attached hydrogens (tertiary/aromatic N) is 1. The molecule has 1 unspecified atom stereocenters. The Morgan fingerprint density at radius 2 is 2.22 bits per heavy atom. The Hall–Kier alpha value is -0.740. The van der Waals surface area contributed by atoms with Crippen molar-refractivity contribution in [3.05, 3.63) is 28.2 Å². The number of hydrogen-bond donors (Lipinski definition) is 0. The second-order valence-corrected chi connectivity index (χ2v) is 5.43. The van der Waals surface area contributed by atoms with Crippen LogP contribution in [-0.4, -0.2) is 30.8 Å². The summed E-state index contributed by atoms with van der Waals surface area (Å²) in [6.45, 7) is 2.33. The topological polar surface area (TPSA) is 29.5 Å². The van der Waals surface area contributed by atoms with Gasteiger partial charge in [0, 0.05) is 35.4 Å². The third kappa shape index (κ3) is 3.89. The van der Waals surface area contributed by atoms with Crippen molar-refractivity contribution in [2.75, 3.05) is 20.0 Å². The number of amides is 1. The summed E-state index contributed by atoms with van der Waals surface area (Å²) < 4.78 is 6.25. The summed E-state index contributed by atoms with van der Waals surface area (Å²) in [7, 11) is 3.39. The van der Waals surface area contributed by atoms with E-state index in [0.29, 0.717) is 12.4 Å². The Bertz CT molecular complexity index is 425. The molecule has 0 aliphatic heterocycles. The molecule has 0 radical (unpaired) electrons. The summed E-state index contributed by atoms with van der Waals surface area (Å²) in [4.78, 5) is 13.6. The first kappa shape index (κ1) is 15.3. The van der Waals surface area contributed by atoms with Crippen LogP contribution in [-0.2, 0) is 11.3 Å². The molecular weight excluding hydrogens is 318 g/mol. The standard InChI is InChI=1S/C13H17BrClNO2/c1-9(7-15)13(17)16(2)8-10-6-11(14)4-5-12(10)18-3/h4-6,9H,7-8H2,1-3H3. The summed E-state index contributed by atoms with van der Waals surface area (Å²) in [6, 6.07) is 5.74. The molecule has 18 heavy (non-hydrogen) atoms. The highest BCUT2D eigenvalue weighted by Gasteiger charge is 2.17. The Morgan fingerprint density at radius 1 is 1.56 bits per heavy atom. The molecule has 0 saturated carbocycles. The van der Waals surface area contributed by atoms with Gasteiger partial charge in [0.2, 0.25) is 5.91 Å². The zero-order chi connectivity index (χ0) is 13.7. The van der Waals surface area contributed by atoms with Gasteiger partial charge in [-0.15, -0.1) is 11.6 Å². The van der Waals surface area contributed by atoms with Crippen molar-refractivity contribution < 1.29 is 9.53 Å². The maximum absolute atomic E-state index is 12.0. The molecule has 0 saturated heterocycles. The van der Waals surface area contributed by atoms with Crippen LogP contribution in [0.3, 0.4) is 0 Å². The van der Waals surface area contributed by atoms with Gasteiger partial charge in [-0.05, 0) is 18.2 Å². The minimum atomic E-state index is -0.171. The fraction of sp³-hybridized carbons (Fsp3) is 0.462. The Balaban J connectivity index is 2.83. The van der Waals surface area contributed by atoms with Crippen LogP contribution in [0.4, 0.5) is 0 Å². The fourth-order valence-electron chi connectivity index (χ4n) is 1.65. The fourth-order valence-corrected chi connectivity index (χ4v) is 2.19. The SMILES string of the molecule is COc1ccc(Br)cc1CN(C)C(=O)C(C)CCl. The minimum absolute atomic E-state index is 0.0343. The quantitative estimate of drug-likeness (QED) is 0.773. The molecule has 0 aliphatic carbocycles. The number of benzene rings is 1. The number of hydrogen-bond acceptors (Lipinski definition) is 2. The van der Waals surface area contributed by atoms with E-state index in [0.717, 1.165) is 15.8 Å². The molecule has 100 valence electrons. The van der Waals surface area contributed by atoms with Crippen molar-refractivity contribution in [1.82, 2.24) is 4.90 Å². The van der Waals surface area contributed by atoms with Crippen LogP contribution >= 0.6 is 27.5 Å². The number of halogens is 2. The van der Waals surface area contributed by atoms with Gasteiger partial charge in [0.1, 0.15) is 5.75 Å². The van der Waals surface area contributed by atoms with Crippen molar-refractivity contribution in [3.63, 3.8) is 0 Å². The van der Waals surface area contributed by atoms with Crippen LogP contribution in [0.15, 0.2) is 22.7 Å². The molecule has 0 fully saturated rings. The minimum Gasteiger partial charge on any atom is -0.496 e. The number of methoxy groups -OCH3 is 1. The molecule has 1 aromatic rings. The molecule has 3 nitrogen and oxygen atoms in total. The van der Waals surface area contributed by atoms with Gasteiger partial charge in [-0.2, -0.15) is 0 Å². The van der Waals surface area contributed by atoms with Crippen LogP contribution in [0.2, 0.25) is 0 Å². The van der Waals surface area contributed by atoms with Crippen molar-refractivity contribution in [1.29, 1.82) is 0 Å². The van der Waals surface area contributed by atoms with Crippen LogP contribution in [0.1, 0.15) is 12.5 Å². The average Bonchev–Trinajstić information content (AvgIpc) is 2.37. The highest BCUT2D eigenvalue weighted by molar-refractivity contribution is 9.10. The smallest absolute Gasteiger partial charge is 0.226 e. The van der Waals surface area contributed by atoms with E-state index in [2.05, 4.69) is 15.9 Å². The van der Waals surface area contributed by atoms with Crippen LogP contribution in [0, 0.1) is 5.92 Å². The van der Waals surface area contributed by atoms with Crippen molar-refractivity contribution in [2.24, 2.45) is 5.92 Å². The molecule has 0 bridgehead atoms. The lowest BCUT2D eigenvalue weighted by Gasteiger charge is -2.21.